The number of halogens is 1. The highest BCUT2D eigenvalue weighted by Gasteiger charge is 2.14. The summed E-state index contributed by atoms with van der Waals surface area (Å²) in [7, 11) is -1.60. The summed E-state index contributed by atoms with van der Waals surface area (Å²) in [5.74, 6) is 0. The highest BCUT2D eigenvalue weighted by atomic mass is 35.5. The molecule has 0 radical (unpaired) electrons. The lowest BCUT2D eigenvalue weighted by Crippen LogP contribution is -2.32. The first kappa shape index (κ1) is 15.2. The van der Waals surface area contributed by atoms with Gasteiger partial charge in [-0.1, -0.05) is 18.5 Å². The van der Waals surface area contributed by atoms with E-state index in [1.807, 2.05) is 18.9 Å². The van der Waals surface area contributed by atoms with E-state index in [9.17, 15) is 8.42 Å². The fraction of sp³-hybridized carbons (Fsp3) is 0.455. The number of nitrogens with one attached hydrogen (secondary N) is 1. The van der Waals surface area contributed by atoms with Crippen LogP contribution in [0.25, 0.3) is 0 Å². The van der Waals surface area contributed by atoms with Gasteiger partial charge in [-0.2, -0.15) is 0 Å². The molecule has 0 atom stereocenters. The summed E-state index contributed by atoms with van der Waals surface area (Å²) in [6, 6.07) is 4.27. The van der Waals surface area contributed by atoms with E-state index >= 15 is 0 Å². The quantitative estimate of drug-likeness (QED) is 0.771. The fourth-order valence-electron chi connectivity index (χ4n) is 1.29. The first-order valence-corrected chi connectivity index (χ1v) is 7.46. The minimum atomic E-state index is -3.52. The smallest absolute Gasteiger partial charge is 0.240 e. The van der Waals surface area contributed by atoms with Crippen LogP contribution in [0.15, 0.2) is 23.1 Å². The van der Waals surface area contributed by atoms with Gasteiger partial charge >= 0.3 is 0 Å². The molecule has 0 saturated carbocycles. The topological polar surface area (TPSA) is 75.4 Å². The number of sulfonamides is 1. The van der Waals surface area contributed by atoms with Crippen LogP contribution < -0.4 is 10.5 Å². The molecule has 0 aliphatic rings. The zero-order valence-corrected chi connectivity index (χ0v) is 12.1. The number of anilines is 1. The molecule has 1 aromatic carbocycles. The van der Waals surface area contributed by atoms with Gasteiger partial charge in [-0.25, -0.2) is 13.1 Å². The minimum Gasteiger partial charge on any atom is -0.398 e. The van der Waals surface area contributed by atoms with Gasteiger partial charge in [0.25, 0.3) is 0 Å². The molecule has 0 unspecified atom stereocenters. The van der Waals surface area contributed by atoms with Crippen LogP contribution >= 0.6 is 11.6 Å². The van der Waals surface area contributed by atoms with Gasteiger partial charge in [0.2, 0.25) is 10.0 Å². The van der Waals surface area contributed by atoms with Gasteiger partial charge in [-0.3, -0.25) is 0 Å². The molecule has 5 nitrogen and oxygen atoms in total. The third-order valence-corrected chi connectivity index (χ3v) is 4.39. The van der Waals surface area contributed by atoms with Crippen molar-refractivity contribution in [1.82, 2.24) is 9.62 Å². The van der Waals surface area contributed by atoms with Gasteiger partial charge in [0.05, 0.1) is 15.6 Å². The number of benzene rings is 1. The van der Waals surface area contributed by atoms with Gasteiger partial charge in [0, 0.05) is 13.1 Å². The summed E-state index contributed by atoms with van der Waals surface area (Å²) in [6.07, 6.45) is 0. The lowest BCUT2D eigenvalue weighted by Gasteiger charge is -2.14. The van der Waals surface area contributed by atoms with E-state index in [0.29, 0.717) is 18.8 Å². The van der Waals surface area contributed by atoms with Gasteiger partial charge in [-0.15, -0.1) is 0 Å². The first-order valence-electron chi connectivity index (χ1n) is 5.60. The second-order valence-corrected chi connectivity index (χ2v) is 6.15. The second-order valence-electron chi connectivity index (χ2n) is 3.98. The van der Waals surface area contributed by atoms with Crippen LogP contribution in [0.3, 0.4) is 0 Å². The summed E-state index contributed by atoms with van der Waals surface area (Å²) >= 11 is 5.80. The molecule has 1 aromatic rings. The predicted molar refractivity (Wildman–Crippen MR) is 74.2 cm³/mol. The fourth-order valence-corrected chi connectivity index (χ4v) is 2.58. The Morgan fingerprint density at radius 3 is 2.67 bits per heavy atom. The molecular formula is C11H18ClN3O2S. The molecule has 1 rings (SSSR count). The summed E-state index contributed by atoms with van der Waals surface area (Å²) < 4.78 is 26.4. The van der Waals surface area contributed by atoms with Crippen LogP contribution in [0, 0.1) is 0 Å². The summed E-state index contributed by atoms with van der Waals surface area (Å²) in [6.45, 7) is 3.89. The Hall–Kier alpha value is -0.820. The number of nitrogen functional groups attached to an aromatic ring is 1. The van der Waals surface area contributed by atoms with Crippen LogP contribution in [0.1, 0.15) is 6.92 Å². The van der Waals surface area contributed by atoms with Gasteiger partial charge in [0.1, 0.15) is 0 Å². The van der Waals surface area contributed by atoms with Crippen molar-refractivity contribution < 1.29 is 8.42 Å². The highest BCUT2D eigenvalue weighted by Crippen LogP contribution is 2.22. The number of hydrogen-bond acceptors (Lipinski definition) is 4. The minimum absolute atomic E-state index is 0.126. The van der Waals surface area contributed by atoms with E-state index in [4.69, 9.17) is 17.3 Å². The van der Waals surface area contributed by atoms with Crippen LogP contribution in [-0.4, -0.2) is 40.0 Å². The van der Waals surface area contributed by atoms with Crippen LogP contribution in [0.4, 0.5) is 5.69 Å². The normalized spacial score (nSPS) is 12.0. The highest BCUT2D eigenvalue weighted by molar-refractivity contribution is 7.89. The Labute approximate surface area is 113 Å². The van der Waals surface area contributed by atoms with Crippen LogP contribution in [0.5, 0.6) is 0 Å². The molecule has 0 saturated heterocycles. The molecule has 102 valence electrons. The van der Waals surface area contributed by atoms with Crippen molar-refractivity contribution in [2.75, 3.05) is 32.4 Å². The average molecular weight is 292 g/mol. The Morgan fingerprint density at radius 2 is 2.11 bits per heavy atom. The Kier molecular flexibility index (Phi) is 5.40. The predicted octanol–water partition coefficient (Wildman–Crippen LogP) is 1.15. The van der Waals surface area contributed by atoms with Gasteiger partial charge in [-0.05, 0) is 31.8 Å². The Bertz CT molecular complexity index is 505. The molecule has 0 aliphatic carbocycles. The molecule has 0 bridgehead atoms. The van der Waals surface area contributed by atoms with Gasteiger partial charge < -0.3 is 10.6 Å². The molecular weight excluding hydrogens is 274 g/mol. The number of rotatable bonds is 6. The number of nitrogens with two attached hydrogens (primary N) is 1. The largest absolute Gasteiger partial charge is 0.398 e. The first-order chi connectivity index (χ1) is 8.36. The van der Waals surface area contributed by atoms with E-state index < -0.39 is 10.0 Å². The maximum atomic E-state index is 11.9. The molecule has 0 amide bonds. The van der Waals surface area contributed by atoms with Crippen LogP contribution in [0.2, 0.25) is 5.02 Å². The molecule has 0 aromatic heterocycles. The van der Waals surface area contributed by atoms with E-state index in [-0.39, 0.29) is 9.92 Å². The van der Waals surface area contributed by atoms with E-state index in [0.717, 1.165) is 6.54 Å². The summed E-state index contributed by atoms with van der Waals surface area (Å²) in [5, 5.41) is 0.239. The molecule has 0 spiro atoms. The van der Waals surface area contributed by atoms with Crippen molar-refractivity contribution in [3.05, 3.63) is 23.2 Å². The SMILES string of the molecule is CCN(C)CCNS(=O)(=O)c1ccc(N)c(Cl)c1. The second kappa shape index (κ2) is 6.38. The average Bonchev–Trinajstić information content (AvgIpc) is 2.32. The Morgan fingerprint density at radius 1 is 1.44 bits per heavy atom. The standard InChI is InChI=1S/C11H18ClN3O2S/c1-3-15(2)7-6-14-18(16,17)9-4-5-11(13)10(12)8-9/h4-5,8,14H,3,6-7,13H2,1-2H3. The summed E-state index contributed by atoms with van der Waals surface area (Å²) in [5.41, 5.74) is 5.90. The Balaban J connectivity index is 2.71. The van der Waals surface area contributed by atoms with Crippen molar-refractivity contribution >= 4 is 27.3 Å². The number of nitrogens with zero attached hydrogens (tertiary/aromatic N) is 1. The lowest BCUT2D eigenvalue weighted by atomic mass is 10.3. The van der Waals surface area contributed by atoms with Gasteiger partial charge in [0.15, 0.2) is 0 Å². The van der Waals surface area contributed by atoms with Crippen molar-refractivity contribution in [2.45, 2.75) is 11.8 Å². The summed E-state index contributed by atoms with van der Waals surface area (Å²) in [4.78, 5) is 2.14. The molecule has 7 heteroatoms. The van der Waals surface area contributed by atoms with Crippen LogP contribution in [-0.2, 0) is 10.0 Å². The molecule has 18 heavy (non-hydrogen) atoms. The molecule has 0 aliphatic heterocycles. The van der Waals surface area contributed by atoms with E-state index in [1.165, 1.54) is 18.2 Å². The van der Waals surface area contributed by atoms with Crippen molar-refractivity contribution in [2.24, 2.45) is 0 Å². The zero-order valence-electron chi connectivity index (χ0n) is 10.5. The molecule has 0 heterocycles. The zero-order chi connectivity index (χ0) is 13.8. The maximum absolute atomic E-state index is 11.9. The third kappa shape index (κ3) is 4.13. The maximum Gasteiger partial charge on any atom is 0.240 e. The lowest BCUT2D eigenvalue weighted by molar-refractivity contribution is 0.358. The molecule has 0 fully saturated rings. The molecule has 3 N–H and O–H groups in total. The number of likely N-dealkylation sites (N-methyl/N-ethyl adjacent to an activating group) is 1. The third-order valence-electron chi connectivity index (χ3n) is 2.61. The van der Waals surface area contributed by atoms with Crippen molar-refractivity contribution in [3.63, 3.8) is 0 Å². The van der Waals surface area contributed by atoms with Crippen molar-refractivity contribution in [1.29, 1.82) is 0 Å². The monoisotopic (exact) mass is 291 g/mol. The van der Waals surface area contributed by atoms with E-state index in [1.54, 1.807) is 0 Å². The number of hydrogen-bond donors (Lipinski definition) is 2. The van der Waals surface area contributed by atoms with E-state index in [2.05, 4.69) is 4.72 Å². The van der Waals surface area contributed by atoms with Crippen molar-refractivity contribution in [3.8, 4) is 0 Å².